The van der Waals surface area contributed by atoms with Crippen LogP contribution in [0.1, 0.15) is 27.0 Å². The van der Waals surface area contributed by atoms with Gasteiger partial charge in [0.25, 0.3) is 0 Å². The summed E-state index contributed by atoms with van der Waals surface area (Å²) in [4.78, 5) is 0. The second-order valence-electron chi connectivity index (χ2n) is 2.93. The van der Waals surface area contributed by atoms with Gasteiger partial charge in [-0.15, -0.1) is 0 Å². The largest absolute Gasteiger partial charge is 0.389 e. The number of hydrogen-bond donors (Lipinski definition) is 1. The Morgan fingerprint density at radius 2 is 2.67 bits per heavy atom. The molecule has 50 valence electrons. The molecule has 0 heterocycles. The van der Waals surface area contributed by atoms with E-state index in [2.05, 4.69) is 0 Å². The molecule has 1 fully saturated rings. The van der Waals surface area contributed by atoms with Gasteiger partial charge in [0.2, 0.25) is 0 Å². The Bertz CT molecular complexity index is 176. The van der Waals surface area contributed by atoms with E-state index in [0.29, 0.717) is 5.92 Å². The van der Waals surface area contributed by atoms with Crippen molar-refractivity contribution in [2.75, 3.05) is 0 Å². The normalized spacial score (nSPS) is 50.6. The Labute approximate surface area is 56.8 Å². The summed E-state index contributed by atoms with van der Waals surface area (Å²) < 4.78 is 7.60. The molecule has 0 aromatic heterocycles. The Balaban J connectivity index is 2.18. The number of aliphatic hydroxyl groups is 1. The Hall–Kier alpha value is -0.300. The minimum atomic E-state index is -0.242. The smallest absolute Gasteiger partial charge is 0.0729 e. The van der Waals surface area contributed by atoms with Crippen LogP contribution in [0.4, 0.5) is 0 Å². The van der Waals surface area contributed by atoms with Crippen molar-refractivity contribution in [2.45, 2.75) is 31.8 Å². The standard InChI is InChI=1S/C8H12O/c9-8-4-6-2-1-3-7(6)5-8/h4,7-9H,1-3,5H2/t7-,8-/m0/s1/i3T/t3-,7-,8-. The fourth-order valence-electron chi connectivity index (χ4n) is 1.82. The van der Waals surface area contributed by atoms with E-state index in [9.17, 15) is 5.11 Å². The van der Waals surface area contributed by atoms with Crippen LogP contribution in [0, 0.1) is 5.92 Å². The maximum atomic E-state index is 9.19. The lowest BCUT2D eigenvalue weighted by atomic mass is 10.1. The van der Waals surface area contributed by atoms with Crippen molar-refractivity contribution in [3.63, 3.8) is 0 Å². The third kappa shape index (κ3) is 0.799. The van der Waals surface area contributed by atoms with E-state index in [1.165, 1.54) is 5.57 Å². The third-order valence-corrected chi connectivity index (χ3v) is 2.26. The van der Waals surface area contributed by atoms with Crippen LogP contribution in [-0.2, 0) is 0 Å². The van der Waals surface area contributed by atoms with Crippen molar-refractivity contribution in [1.29, 1.82) is 0 Å². The molecule has 0 spiro atoms. The zero-order valence-corrected chi connectivity index (χ0v) is 5.38. The maximum Gasteiger partial charge on any atom is 0.0729 e. The van der Waals surface area contributed by atoms with Gasteiger partial charge in [0.05, 0.1) is 6.10 Å². The highest BCUT2D eigenvalue weighted by atomic mass is 16.3. The lowest BCUT2D eigenvalue weighted by molar-refractivity contribution is 0.209. The fraction of sp³-hybridized carbons (Fsp3) is 0.750. The van der Waals surface area contributed by atoms with Crippen molar-refractivity contribution >= 4 is 0 Å². The van der Waals surface area contributed by atoms with Crippen LogP contribution in [-0.4, -0.2) is 11.2 Å². The molecular weight excluding hydrogens is 112 g/mol. The van der Waals surface area contributed by atoms with Crippen LogP contribution in [0.2, 0.25) is 0 Å². The van der Waals surface area contributed by atoms with Crippen LogP contribution >= 0.6 is 0 Å². The first-order valence-electron chi connectivity index (χ1n) is 4.16. The molecule has 9 heavy (non-hydrogen) atoms. The van der Waals surface area contributed by atoms with Gasteiger partial charge in [-0.25, -0.2) is 0 Å². The second-order valence-corrected chi connectivity index (χ2v) is 2.93. The number of rotatable bonds is 0. The van der Waals surface area contributed by atoms with Crippen molar-refractivity contribution in [3.8, 4) is 0 Å². The molecule has 1 heteroatoms. The van der Waals surface area contributed by atoms with Crippen molar-refractivity contribution in [3.05, 3.63) is 11.6 Å². The molecule has 0 aromatic carbocycles. The first-order valence-corrected chi connectivity index (χ1v) is 3.58. The summed E-state index contributed by atoms with van der Waals surface area (Å²) in [6.07, 6.45) is 4.64. The monoisotopic (exact) mass is 126 g/mol. The average Bonchev–Trinajstić information content (AvgIpc) is 2.35. The van der Waals surface area contributed by atoms with Gasteiger partial charge in [-0.2, -0.15) is 0 Å². The molecule has 0 unspecified atom stereocenters. The molecule has 0 radical (unpaired) electrons. The van der Waals surface area contributed by atoms with Crippen LogP contribution in [0.25, 0.3) is 0 Å². The van der Waals surface area contributed by atoms with Crippen LogP contribution in [0.3, 0.4) is 0 Å². The van der Waals surface area contributed by atoms with Gasteiger partial charge in [0, 0.05) is 1.37 Å². The molecule has 1 nitrogen and oxygen atoms in total. The van der Waals surface area contributed by atoms with Crippen LogP contribution in [0.5, 0.6) is 0 Å². The quantitative estimate of drug-likeness (QED) is 0.487. The zero-order chi connectivity index (χ0) is 7.14. The molecule has 1 saturated carbocycles. The molecule has 0 aromatic rings. The SMILES string of the molecule is [3H][C@H]1CCC2=C[C@H](O)C[C@@H]21. The summed E-state index contributed by atoms with van der Waals surface area (Å²) in [6, 6.07) is 0. The van der Waals surface area contributed by atoms with E-state index in [4.69, 9.17) is 1.37 Å². The summed E-state index contributed by atoms with van der Waals surface area (Å²) >= 11 is 0. The molecule has 2 rings (SSSR count). The first kappa shape index (κ1) is 4.51. The molecule has 1 N–H and O–H groups in total. The molecule has 2 aliphatic rings. The van der Waals surface area contributed by atoms with Gasteiger partial charge in [-0.05, 0) is 31.6 Å². The summed E-state index contributed by atoms with van der Waals surface area (Å²) in [5.41, 5.74) is 1.34. The van der Waals surface area contributed by atoms with E-state index < -0.39 is 0 Å². The number of fused-ring (bicyclic) bond motifs is 1. The van der Waals surface area contributed by atoms with E-state index in [-0.39, 0.29) is 12.5 Å². The molecule has 3 atom stereocenters. The first-order chi connectivity index (χ1) is 4.77. The van der Waals surface area contributed by atoms with Gasteiger partial charge >= 0.3 is 0 Å². The molecular formula is C8H12O. The van der Waals surface area contributed by atoms with E-state index in [1.54, 1.807) is 0 Å². The van der Waals surface area contributed by atoms with Crippen molar-refractivity contribution in [2.24, 2.45) is 5.92 Å². The third-order valence-electron chi connectivity index (χ3n) is 2.26. The minimum absolute atomic E-state index is 0.0726. The highest BCUT2D eigenvalue weighted by molar-refractivity contribution is 5.19. The highest BCUT2D eigenvalue weighted by Gasteiger charge is 2.28. The zero-order valence-electron chi connectivity index (χ0n) is 6.38. The molecule has 0 bridgehead atoms. The number of hydrogen-bond acceptors (Lipinski definition) is 1. The summed E-state index contributed by atoms with van der Waals surface area (Å²) in [7, 11) is 0. The molecule has 0 aliphatic heterocycles. The van der Waals surface area contributed by atoms with Crippen LogP contribution < -0.4 is 0 Å². The van der Waals surface area contributed by atoms with Crippen molar-refractivity contribution < 1.29 is 6.48 Å². The van der Waals surface area contributed by atoms with Crippen LogP contribution in [0.15, 0.2) is 11.6 Å². The topological polar surface area (TPSA) is 20.2 Å². The van der Waals surface area contributed by atoms with Gasteiger partial charge in [-0.1, -0.05) is 11.6 Å². The van der Waals surface area contributed by atoms with E-state index in [0.717, 1.165) is 19.3 Å². The van der Waals surface area contributed by atoms with Gasteiger partial charge in [-0.3, -0.25) is 0 Å². The second kappa shape index (κ2) is 1.84. The average molecular weight is 126 g/mol. The van der Waals surface area contributed by atoms with E-state index >= 15 is 0 Å². The highest BCUT2D eigenvalue weighted by Crippen LogP contribution is 2.39. The van der Waals surface area contributed by atoms with Crippen molar-refractivity contribution in [1.82, 2.24) is 0 Å². The predicted molar refractivity (Wildman–Crippen MR) is 36.0 cm³/mol. The van der Waals surface area contributed by atoms with E-state index in [1.807, 2.05) is 6.08 Å². The maximum absolute atomic E-state index is 9.19. The lowest BCUT2D eigenvalue weighted by Crippen LogP contribution is -1.99. The Morgan fingerprint density at radius 3 is 3.44 bits per heavy atom. The molecule has 2 aliphatic carbocycles. The van der Waals surface area contributed by atoms with Gasteiger partial charge in [0.15, 0.2) is 0 Å². The summed E-state index contributed by atoms with van der Waals surface area (Å²) in [5, 5.41) is 9.19. The number of aliphatic hydroxyl groups excluding tert-OH is 1. The van der Waals surface area contributed by atoms with Gasteiger partial charge < -0.3 is 5.11 Å². The predicted octanol–water partition coefficient (Wildman–Crippen LogP) is 1.48. The molecule has 0 saturated heterocycles. The minimum Gasteiger partial charge on any atom is -0.389 e. The number of allylic oxidation sites excluding steroid dienone is 1. The fourth-order valence-corrected chi connectivity index (χ4v) is 1.82. The molecule has 0 amide bonds. The lowest BCUT2D eigenvalue weighted by Gasteiger charge is -2.02. The Kier molecular flexibility index (Phi) is 0.922. The summed E-state index contributed by atoms with van der Waals surface area (Å²) in [6.45, 7) is 0. The summed E-state index contributed by atoms with van der Waals surface area (Å²) in [5.74, 6) is 0.398. The Morgan fingerprint density at radius 1 is 1.78 bits per heavy atom. The van der Waals surface area contributed by atoms with Gasteiger partial charge in [0.1, 0.15) is 0 Å².